The van der Waals surface area contributed by atoms with Gasteiger partial charge in [0.25, 0.3) is 0 Å². The van der Waals surface area contributed by atoms with Crippen LogP contribution in [0.3, 0.4) is 0 Å². The smallest absolute Gasteiger partial charge is 0.141 e. The Kier molecular flexibility index (Phi) is 6.20. The number of pyridine rings is 1. The van der Waals surface area contributed by atoms with Crippen LogP contribution in [0, 0.1) is 18.3 Å². The third-order valence-corrected chi connectivity index (χ3v) is 6.72. The number of anilines is 2. The third kappa shape index (κ3) is 4.48. The second-order valence-corrected chi connectivity index (χ2v) is 9.00. The van der Waals surface area contributed by atoms with Gasteiger partial charge in [0.1, 0.15) is 18.0 Å². The minimum Gasteiger partial charge on any atom is -0.365 e. The fourth-order valence-electron chi connectivity index (χ4n) is 4.40. The Morgan fingerprint density at radius 3 is 2.71 bits per heavy atom. The normalized spacial score (nSPS) is 12.7. The molecule has 0 aliphatic carbocycles. The monoisotopic (exact) mass is 464 g/mol. The van der Waals surface area contributed by atoms with Crippen molar-refractivity contribution in [2.75, 3.05) is 16.8 Å². The molecule has 0 saturated heterocycles. The lowest BCUT2D eigenvalue weighted by molar-refractivity contribution is 0.720. The summed E-state index contributed by atoms with van der Waals surface area (Å²) in [5, 5.41) is 13.8. The molecule has 0 saturated carbocycles. The molecule has 6 nitrogen and oxygen atoms in total. The number of nitriles is 1. The van der Waals surface area contributed by atoms with Gasteiger partial charge in [-0.1, -0.05) is 45.6 Å². The molecular weight excluding hydrogens is 439 g/mol. The first-order valence-electron chi connectivity index (χ1n) is 11.2. The van der Waals surface area contributed by atoms with Gasteiger partial charge in [-0.25, -0.2) is 9.97 Å². The number of hydrogen-bond donors (Lipinski definition) is 1. The average Bonchev–Trinajstić information content (AvgIpc) is 2.87. The first-order chi connectivity index (χ1) is 16.6. The van der Waals surface area contributed by atoms with Crippen LogP contribution in [0.15, 0.2) is 67.1 Å². The molecule has 3 heterocycles. The number of fused-ring (bicyclic) bond motifs is 1. The van der Waals surface area contributed by atoms with Crippen LogP contribution in [0.1, 0.15) is 27.9 Å². The highest BCUT2D eigenvalue weighted by Gasteiger charge is 2.22. The SMILES string of the molecule is Cc1cc(-c2ccc(CNc3ncnc(N4CCc5c(C#N)cccc5C4)c3P)cc2)ccn1. The van der Waals surface area contributed by atoms with E-state index in [2.05, 4.69) is 76.9 Å². The van der Waals surface area contributed by atoms with Crippen molar-refractivity contribution < 1.29 is 0 Å². The topological polar surface area (TPSA) is 77.7 Å². The maximum atomic E-state index is 9.40. The number of nitrogens with one attached hydrogen (secondary N) is 1. The molecule has 168 valence electrons. The highest BCUT2D eigenvalue weighted by atomic mass is 31.0. The van der Waals surface area contributed by atoms with Gasteiger partial charge in [-0.15, -0.1) is 0 Å². The van der Waals surface area contributed by atoms with E-state index in [0.717, 1.165) is 53.3 Å². The zero-order valence-electron chi connectivity index (χ0n) is 19.0. The predicted octanol–water partition coefficient (Wildman–Crippen LogP) is 4.39. The van der Waals surface area contributed by atoms with Crippen LogP contribution in [0.25, 0.3) is 11.1 Å². The van der Waals surface area contributed by atoms with Crippen molar-refractivity contribution in [3.05, 3.63) is 95.1 Å². The summed E-state index contributed by atoms with van der Waals surface area (Å²) in [7, 11) is 2.80. The van der Waals surface area contributed by atoms with Gasteiger partial charge < -0.3 is 10.2 Å². The van der Waals surface area contributed by atoms with E-state index in [1.807, 2.05) is 31.3 Å². The van der Waals surface area contributed by atoms with E-state index in [0.29, 0.717) is 6.54 Å². The van der Waals surface area contributed by atoms with E-state index in [1.54, 1.807) is 6.33 Å². The van der Waals surface area contributed by atoms with Crippen LogP contribution in [-0.4, -0.2) is 21.5 Å². The van der Waals surface area contributed by atoms with Crippen molar-refractivity contribution in [3.63, 3.8) is 0 Å². The molecule has 0 amide bonds. The minimum atomic E-state index is 0.669. The molecule has 2 aromatic carbocycles. The van der Waals surface area contributed by atoms with Crippen molar-refractivity contribution in [2.24, 2.45) is 0 Å². The molecule has 7 heteroatoms. The molecule has 0 fully saturated rings. The Morgan fingerprint density at radius 1 is 1.06 bits per heavy atom. The van der Waals surface area contributed by atoms with E-state index in [1.165, 1.54) is 22.3 Å². The Bertz CT molecular complexity index is 1380. The van der Waals surface area contributed by atoms with Crippen molar-refractivity contribution >= 4 is 26.2 Å². The molecule has 2 aromatic heterocycles. The molecule has 0 bridgehead atoms. The number of rotatable bonds is 5. The van der Waals surface area contributed by atoms with E-state index in [4.69, 9.17) is 0 Å². The zero-order chi connectivity index (χ0) is 23.5. The summed E-state index contributed by atoms with van der Waals surface area (Å²) in [6.45, 7) is 4.23. The van der Waals surface area contributed by atoms with E-state index < -0.39 is 0 Å². The Balaban J connectivity index is 1.29. The number of hydrogen-bond acceptors (Lipinski definition) is 6. The number of nitrogens with zero attached hydrogens (tertiary/aromatic N) is 5. The third-order valence-electron chi connectivity index (χ3n) is 6.19. The second-order valence-electron chi connectivity index (χ2n) is 8.42. The Hall–Kier alpha value is -3.81. The molecule has 1 aliphatic heterocycles. The summed E-state index contributed by atoms with van der Waals surface area (Å²) in [5.74, 6) is 1.71. The van der Waals surface area contributed by atoms with Gasteiger partial charge in [-0.2, -0.15) is 5.26 Å². The highest BCUT2D eigenvalue weighted by molar-refractivity contribution is 7.28. The molecule has 0 radical (unpaired) electrons. The predicted molar refractivity (Wildman–Crippen MR) is 139 cm³/mol. The summed E-state index contributed by atoms with van der Waals surface area (Å²) in [6, 6.07) is 20.9. The van der Waals surface area contributed by atoms with E-state index in [9.17, 15) is 5.26 Å². The number of aromatic nitrogens is 3. The van der Waals surface area contributed by atoms with Gasteiger partial charge in [0.15, 0.2) is 0 Å². The highest BCUT2D eigenvalue weighted by Crippen LogP contribution is 2.26. The van der Waals surface area contributed by atoms with Crippen LogP contribution >= 0.6 is 9.24 Å². The molecule has 1 N–H and O–H groups in total. The van der Waals surface area contributed by atoms with Crippen molar-refractivity contribution in [2.45, 2.75) is 26.4 Å². The summed E-state index contributed by atoms with van der Waals surface area (Å²) < 4.78 is 0. The molecular formula is C27H25N6P. The zero-order valence-corrected chi connectivity index (χ0v) is 20.1. The van der Waals surface area contributed by atoms with Crippen molar-refractivity contribution in [3.8, 4) is 17.2 Å². The van der Waals surface area contributed by atoms with Gasteiger partial charge in [0.2, 0.25) is 0 Å². The maximum absolute atomic E-state index is 9.40. The lowest BCUT2D eigenvalue weighted by Gasteiger charge is -2.31. The van der Waals surface area contributed by atoms with Crippen LogP contribution in [0.2, 0.25) is 0 Å². The fraction of sp³-hybridized carbons (Fsp3) is 0.185. The van der Waals surface area contributed by atoms with Gasteiger partial charge >= 0.3 is 0 Å². The molecule has 34 heavy (non-hydrogen) atoms. The standard InChI is InChI=1S/C27H25N6P/c1-18-13-21(9-11-29-18)20-7-5-19(6-8-20)15-30-26-25(34)27(32-17-31-26)33-12-10-24-22(14-28)3-2-4-23(24)16-33/h2-9,11,13,17H,10,12,15-16,34H2,1H3,(H,30,31,32). The molecule has 4 aromatic rings. The molecule has 1 unspecified atom stereocenters. The summed E-state index contributed by atoms with van der Waals surface area (Å²) in [4.78, 5) is 15.6. The van der Waals surface area contributed by atoms with Crippen LogP contribution in [0.5, 0.6) is 0 Å². The Labute approximate surface area is 201 Å². The summed E-state index contributed by atoms with van der Waals surface area (Å²) >= 11 is 0. The van der Waals surface area contributed by atoms with E-state index >= 15 is 0 Å². The Morgan fingerprint density at radius 2 is 1.91 bits per heavy atom. The largest absolute Gasteiger partial charge is 0.365 e. The van der Waals surface area contributed by atoms with Gasteiger partial charge in [0.05, 0.1) is 16.9 Å². The minimum absolute atomic E-state index is 0.669. The fourth-order valence-corrected chi connectivity index (χ4v) is 4.83. The second kappa shape index (κ2) is 9.59. The first-order valence-corrected chi connectivity index (χ1v) is 11.8. The van der Waals surface area contributed by atoms with Gasteiger partial charge in [0, 0.05) is 31.5 Å². The van der Waals surface area contributed by atoms with E-state index in [-0.39, 0.29) is 0 Å². The van der Waals surface area contributed by atoms with Crippen LogP contribution in [0.4, 0.5) is 11.6 Å². The lowest BCUT2D eigenvalue weighted by atomic mass is 9.95. The molecule has 1 aliphatic rings. The summed E-state index contributed by atoms with van der Waals surface area (Å²) in [5.41, 5.74) is 7.66. The molecule has 0 spiro atoms. The average molecular weight is 465 g/mol. The van der Waals surface area contributed by atoms with Gasteiger partial charge in [-0.3, -0.25) is 4.98 Å². The number of benzene rings is 2. The van der Waals surface area contributed by atoms with Gasteiger partial charge in [-0.05, 0) is 59.4 Å². The molecule has 5 rings (SSSR count). The van der Waals surface area contributed by atoms with Crippen LogP contribution < -0.4 is 15.5 Å². The lowest BCUT2D eigenvalue weighted by Crippen LogP contribution is -2.34. The van der Waals surface area contributed by atoms with Crippen LogP contribution in [-0.2, 0) is 19.5 Å². The first kappa shape index (κ1) is 22.0. The maximum Gasteiger partial charge on any atom is 0.141 e. The summed E-state index contributed by atoms with van der Waals surface area (Å²) in [6.07, 6.45) is 4.29. The molecule has 1 atom stereocenters. The van der Waals surface area contributed by atoms with Crippen molar-refractivity contribution in [1.29, 1.82) is 5.26 Å². The van der Waals surface area contributed by atoms with Crippen molar-refractivity contribution in [1.82, 2.24) is 15.0 Å². The number of aryl methyl sites for hydroxylation is 1. The quantitative estimate of drug-likeness (QED) is 0.442.